The molecule has 2 aliphatic heterocycles. The number of hydrogen-bond acceptors (Lipinski definition) is 4. The molecule has 2 atom stereocenters. The normalized spacial score (nSPS) is 21.7. The lowest BCUT2D eigenvalue weighted by Gasteiger charge is -2.34. The lowest BCUT2D eigenvalue weighted by molar-refractivity contribution is 0.400. The minimum absolute atomic E-state index is 0. The molecule has 0 aromatic carbocycles. The standard InChI is InChI=1S/C18H34N6.2ClH/c1-5-17(3,15(19)23-11-7-8-12-23)21-22-18(4,6-2)16(20)24-13-9-10-14-24;;/h19-20H,5-14H2,1-4H3;2*1H/b19-15?,20-16?,22-21+;;. The van der Waals surface area contributed by atoms with Gasteiger partial charge in [0.05, 0.1) is 0 Å². The van der Waals surface area contributed by atoms with E-state index < -0.39 is 11.1 Å². The third-order valence-corrected chi connectivity index (χ3v) is 5.73. The number of likely N-dealkylation sites (tertiary alicyclic amines) is 2. The van der Waals surface area contributed by atoms with Crippen LogP contribution in [0.5, 0.6) is 0 Å². The fourth-order valence-electron chi connectivity index (χ4n) is 3.35. The molecule has 0 aliphatic carbocycles. The van der Waals surface area contributed by atoms with E-state index in [1.165, 1.54) is 0 Å². The second kappa shape index (κ2) is 10.5. The molecule has 152 valence electrons. The van der Waals surface area contributed by atoms with E-state index in [0.29, 0.717) is 11.7 Å². The fourth-order valence-corrected chi connectivity index (χ4v) is 3.35. The van der Waals surface area contributed by atoms with Crippen LogP contribution >= 0.6 is 24.8 Å². The Morgan fingerprint density at radius 2 is 1.00 bits per heavy atom. The summed E-state index contributed by atoms with van der Waals surface area (Å²) in [5, 5.41) is 26.5. The summed E-state index contributed by atoms with van der Waals surface area (Å²) in [4.78, 5) is 4.27. The van der Waals surface area contributed by atoms with Crippen LogP contribution < -0.4 is 0 Å². The molecule has 2 aliphatic rings. The van der Waals surface area contributed by atoms with Crippen LogP contribution in [0.25, 0.3) is 0 Å². The minimum atomic E-state index is -0.591. The van der Waals surface area contributed by atoms with Crippen molar-refractivity contribution < 1.29 is 0 Å². The molecule has 8 heteroatoms. The van der Waals surface area contributed by atoms with Crippen molar-refractivity contribution in [3.8, 4) is 0 Å². The van der Waals surface area contributed by atoms with Crippen molar-refractivity contribution in [1.82, 2.24) is 9.80 Å². The minimum Gasteiger partial charge on any atom is -0.358 e. The molecule has 2 N–H and O–H groups in total. The van der Waals surface area contributed by atoms with Gasteiger partial charge in [0.1, 0.15) is 22.7 Å². The summed E-state index contributed by atoms with van der Waals surface area (Å²) in [6.45, 7) is 12.0. The van der Waals surface area contributed by atoms with Crippen LogP contribution in [0.15, 0.2) is 10.2 Å². The highest BCUT2D eigenvalue weighted by Crippen LogP contribution is 2.27. The van der Waals surface area contributed by atoms with E-state index in [0.717, 1.165) is 64.7 Å². The van der Waals surface area contributed by atoms with Gasteiger partial charge in [-0.3, -0.25) is 10.8 Å². The van der Waals surface area contributed by atoms with Gasteiger partial charge in [-0.05, 0) is 52.4 Å². The van der Waals surface area contributed by atoms with Crippen LogP contribution in [-0.4, -0.2) is 58.7 Å². The number of rotatable bonds is 6. The number of amidine groups is 2. The highest BCUT2D eigenvalue weighted by Gasteiger charge is 2.37. The second-order valence-electron chi connectivity index (χ2n) is 7.54. The monoisotopic (exact) mass is 406 g/mol. The van der Waals surface area contributed by atoms with Gasteiger partial charge in [0, 0.05) is 26.2 Å². The zero-order valence-electron chi connectivity index (χ0n) is 16.7. The van der Waals surface area contributed by atoms with E-state index in [-0.39, 0.29) is 24.8 Å². The maximum atomic E-state index is 8.59. The Bertz CT molecular complexity index is 456. The van der Waals surface area contributed by atoms with Crippen LogP contribution in [0.3, 0.4) is 0 Å². The average Bonchev–Trinajstić information content (AvgIpc) is 3.31. The third-order valence-electron chi connectivity index (χ3n) is 5.73. The van der Waals surface area contributed by atoms with Crippen molar-refractivity contribution in [2.24, 2.45) is 10.2 Å². The van der Waals surface area contributed by atoms with Crippen LogP contribution in [-0.2, 0) is 0 Å². The van der Waals surface area contributed by atoms with Crippen molar-refractivity contribution in [1.29, 1.82) is 10.8 Å². The van der Waals surface area contributed by atoms with Crippen molar-refractivity contribution >= 4 is 36.5 Å². The molecule has 2 saturated heterocycles. The summed E-state index contributed by atoms with van der Waals surface area (Å²) in [5.41, 5.74) is -1.18. The molecule has 0 saturated carbocycles. The van der Waals surface area contributed by atoms with Crippen molar-refractivity contribution in [2.45, 2.75) is 77.3 Å². The van der Waals surface area contributed by atoms with Gasteiger partial charge < -0.3 is 9.80 Å². The highest BCUT2D eigenvalue weighted by molar-refractivity contribution is 5.90. The first-order chi connectivity index (χ1) is 11.4. The Balaban J connectivity index is 0.00000312. The highest BCUT2D eigenvalue weighted by atomic mass is 35.5. The van der Waals surface area contributed by atoms with Gasteiger partial charge in [-0.1, -0.05) is 13.8 Å². The quantitative estimate of drug-likeness (QED) is 0.378. The Morgan fingerprint density at radius 3 is 1.23 bits per heavy atom. The number of halogens is 2. The molecule has 0 radical (unpaired) electrons. The van der Waals surface area contributed by atoms with Gasteiger partial charge in [0.25, 0.3) is 0 Å². The zero-order valence-corrected chi connectivity index (χ0v) is 18.3. The van der Waals surface area contributed by atoms with E-state index in [2.05, 4.69) is 33.9 Å². The third kappa shape index (κ3) is 5.32. The number of hydrogen-bond donors (Lipinski definition) is 2. The predicted molar refractivity (Wildman–Crippen MR) is 114 cm³/mol. The molecule has 2 unspecified atom stereocenters. The lowest BCUT2D eigenvalue weighted by atomic mass is 9.96. The fraction of sp³-hybridized carbons (Fsp3) is 0.889. The predicted octanol–water partition coefficient (Wildman–Crippen LogP) is 4.77. The van der Waals surface area contributed by atoms with Crippen LogP contribution in [0.1, 0.15) is 66.2 Å². The van der Waals surface area contributed by atoms with Crippen molar-refractivity contribution in [3.63, 3.8) is 0 Å². The molecular weight excluding hydrogens is 371 g/mol. The Kier molecular flexibility index (Phi) is 10.1. The summed E-state index contributed by atoms with van der Waals surface area (Å²) in [5.74, 6) is 1.16. The van der Waals surface area contributed by atoms with Crippen molar-refractivity contribution in [3.05, 3.63) is 0 Å². The maximum Gasteiger partial charge on any atom is 0.135 e. The zero-order chi connectivity index (χ0) is 17.8. The molecule has 26 heavy (non-hydrogen) atoms. The molecule has 2 heterocycles. The average molecular weight is 407 g/mol. The summed E-state index contributed by atoms with van der Waals surface area (Å²) < 4.78 is 0. The number of nitrogens with one attached hydrogen (secondary N) is 2. The smallest absolute Gasteiger partial charge is 0.135 e. The van der Waals surface area contributed by atoms with Gasteiger partial charge in [-0.15, -0.1) is 24.8 Å². The van der Waals surface area contributed by atoms with E-state index in [1.807, 2.05) is 13.8 Å². The maximum absolute atomic E-state index is 8.59. The summed E-state index contributed by atoms with van der Waals surface area (Å²) in [6, 6.07) is 0. The van der Waals surface area contributed by atoms with E-state index >= 15 is 0 Å². The van der Waals surface area contributed by atoms with Gasteiger partial charge in [-0.25, -0.2) is 0 Å². The largest absolute Gasteiger partial charge is 0.358 e. The van der Waals surface area contributed by atoms with E-state index in [4.69, 9.17) is 10.8 Å². The molecule has 0 aromatic heterocycles. The molecule has 2 rings (SSSR count). The first-order valence-corrected chi connectivity index (χ1v) is 9.48. The van der Waals surface area contributed by atoms with Crippen LogP contribution in [0, 0.1) is 10.8 Å². The lowest BCUT2D eigenvalue weighted by Crippen LogP contribution is -2.46. The summed E-state index contributed by atoms with van der Waals surface area (Å²) in [7, 11) is 0. The molecule has 0 bridgehead atoms. The summed E-state index contributed by atoms with van der Waals surface area (Å²) in [6.07, 6.45) is 6.14. The molecule has 0 aromatic rings. The summed E-state index contributed by atoms with van der Waals surface area (Å²) >= 11 is 0. The molecule has 0 spiro atoms. The topological polar surface area (TPSA) is 78.9 Å². The molecular formula is C18H36Cl2N6. The molecule has 2 fully saturated rings. The molecule has 0 amide bonds. The Labute approximate surface area is 171 Å². The van der Waals surface area contributed by atoms with Crippen molar-refractivity contribution in [2.75, 3.05) is 26.2 Å². The number of azo groups is 1. The second-order valence-corrected chi connectivity index (χ2v) is 7.54. The van der Waals surface area contributed by atoms with Crippen LogP contribution in [0.4, 0.5) is 0 Å². The first kappa shape index (κ1) is 25.1. The van der Waals surface area contributed by atoms with E-state index in [1.54, 1.807) is 0 Å². The Morgan fingerprint density at radius 1 is 0.731 bits per heavy atom. The number of nitrogens with zero attached hydrogens (tertiary/aromatic N) is 4. The van der Waals surface area contributed by atoms with Gasteiger partial charge in [0.2, 0.25) is 0 Å². The molecule has 6 nitrogen and oxygen atoms in total. The first-order valence-electron chi connectivity index (χ1n) is 9.48. The SMILES string of the molecule is CCC(C)(/N=N/C(C)(CC)C(=N)N1CCCC1)C(=N)N1CCCC1.Cl.Cl. The van der Waals surface area contributed by atoms with Crippen LogP contribution in [0.2, 0.25) is 0 Å². The van der Waals surface area contributed by atoms with Gasteiger partial charge in [0.15, 0.2) is 0 Å². The van der Waals surface area contributed by atoms with Gasteiger partial charge >= 0.3 is 0 Å². The van der Waals surface area contributed by atoms with Gasteiger partial charge in [-0.2, -0.15) is 10.2 Å². The van der Waals surface area contributed by atoms with E-state index in [9.17, 15) is 0 Å². The Hall–Kier alpha value is -0.880.